The van der Waals surface area contributed by atoms with Crippen molar-refractivity contribution in [1.82, 2.24) is 5.32 Å². The van der Waals surface area contributed by atoms with Crippen LogP contribution < -0.4 is 10.1 Å². The van der Waals surface area contributed by atoms with Gasteiger partial charge in [0, 0.05) is 10.5 Å². The molecular formula is C12H16BrNO. The van der Waals surface area contributed by atoms with Gasteiger partial charge in [-0.05, 0) is 43.1 Å². The van der Waals surface area contributed by atoms with Crippen LogP contribution in [-0.4, -0.2) is 13.7 Å². The van der Waals surface area contributed by atoms with Crippen molar-refractivity contribution in [3.8, 4) is 5.75 Å². The molecule has 0 aliphatic carbocycles. The van der Waals surface area contributed by atoms with E-state index < -0.39 is 0 Å². The lowest BCUT2D eigenvalue weighted by atomic mass is 9.97. The molecule has 2 rings (SSSR count). The number of piperidine rings is 1. The summed E-state index contributed by atoms with van der Waals surface area (Å²) in [6.45, 7) is 1.12. The molecule has 1 aromatic rings. The Hall–Kier alpha value is -0.540. The highest BCUT2D eigenvalue weighted by molar-refractivity contribution is 9.10. The first-order valence-corrected chi connectivity index (χ1v) is 6.17. The van der Waals surface area contributed by atoms with Crippen LogP contribution in [-0.2, 0) is 0 Å². The molecule has 0 saturated carbocycles. The van der Waals surface area contributed by atoms with Gasteiger partial charge < -0.3 is 10.1 Å². The van der Waals surface area contributed by atoms with E-state index in [0.717, 1.165) is 16.8 Å². The zero-order chi connectivity index (χ0) is 10.7. The maximum Gasteiger partial charge on any atom is 0.120 e. The van der Waals surface area contributed by atoms with Gasteiger partial charge in [-0.25, -0.2) is 0 Å². The lowest BCUT2D eigenvalue weighted by molar-refractivity contribution is 0.400. The minimum atomic E-state index is 0.491. The number of hydrogen-bond acceptors (Lipinski definition) is 2. The van der Waals surface area contributed by atoms with Crippen LogP contribution in [0.15, 0.2) is 22.7 Å². The summed E-state index contributed by atoms with van der Waals surface area (Å²) >= 11 is 3.51. The van der Waals surface area contributed by atoms with Gasteiger partial charge in [0.05, 0.1) is 7.11 Å². The summed E-state index contributed by atoms with van der Waals surface area (Å²) < 4.78 is 6.36. The molecule has 1 N–H and O–H groups in total. The Morgan fingerprint density at radius 3 is 2.87 bits per heavy atom. The van der Waals surface area contributed by atoms with Gasteiger partial charge in [0.25, 0.3) is 0 Å². The number of nitrogens with one attached hydrogen (secondary N) is 1. The molecule has 1 unspecified atom stereocenters. The molecule has 0 bridgehead atoms. The molecule has 1 atom stereocenters. The quantitative estimate of drug-likeness (QED) is 0.890. The molecule has 0 aromatic heterocycles. The first-order valence-electron chi connectivity index (χ1n) is 5.37. The Morgan fingerprint density at radius 1 is 1.33 bits per heavy atom. The van der Waals surface area contributed by atoms with E-state index in [4.69, 9.17) is 4.74 Å². The Labute approximate surface area is 99.1 Å². The number of hydrogen-bond donors (Lipinski definition) is 1. The van der Waals surface area contributed by atoms with Gasteiger partial charge >= 0.3 is 0 Å². The summed E-state index contributed by atoms with van der Waals surface area (Å²) in [5.41, 5.74) is 1.32. The lowest BCUT2D eigenvalue weighted by Crippen LogP contribution is -2.26. The molecule has 15 heavy (non-hydrogen) atoms. The molecule has 1 aliphatic rings. The van der Waals surface area contributed by atoms with Gasteiger partial charge in [-0.2, -0.15) is 0 Å². The normalized spacial score (nSPS) is 21.3. The standard InChI is InChI=1S/C12H16BrNO/c1-15-11-7-9(6-10(13)8-11)12-4-2-3-5-14-12/h6-8,12,14H,2-5H2,1H3. The van der Waals surface area contributed by atoms with Crippen molar-refractivity contribution in [2.24, 2.45) is 0 Å². The Balaban J connectivity index is 2.22. The van der Waals surface area contributed by atoms with E-state index in [0.29, 0.717) is 6.04 Å². The Bertz CT molecular complexity index is 334. The SMILES string of the molecule is COc1cc(Br)cc(C2CCCCN2)c1. The van der Waals surface area contributed by atoms with Crippen molar-refractivity contribution in [3.63, 3.8) is 0 Å². The van der Waals surface area contributed by atoms with E-state index in [1.807, 2.05) is 6.07 Å². The van der Waals surface area contributed by atoms with Crippen LogP contribution in [0, 0.1) is 0 Å². The van der Waals surface area contributed by atoms with Crippen LogP contribution in [0.2, 0.25) is 0 Å². The van der Waals surface area contributed by atoms with Crippen LogP contribution in [0.25, 0.3) is 0 Å². The summed E-state index contributed by atoms with van der Waals surface area (Å²) in [6.07, 6.45) is 3.83. The Morgan fingerprint density at radius 2 is 2.20 bits per heavy atom. The second kappa shape index (κ2) is 4.99. The lowest BCUT2D eigenvalue weighted by Gasteiger charge is -2.24. The third-order valence-corrected chi connectivity index (χ3v) is 3.30. The van der Waals surface area contributed by atoms with Crippen molar-refractivity contribution in [2.45, 2.75) is 25.3 Å². The topological polar surface area (TPSA) is 21.3 Å². The molecule has 1 fully saturated rings. The maximum absolute atomic E-state index is 5.27. The molecule has 1 aliphatic heterocycles. The van der Waals surface area contributed by atoms with Crippen LogP contribution in [0.5, 0.6) is 5.75 Å². The molecule has 2 nitrogen and oxygen atoms in total. The fourth-order valence-corrected chi connectivity index (χ4v) is 2.53. The molecule has 3 heteroatoms. The van der Waals surface area contributed by atoms with E-state index in [2.05, 4.69) is 33.4 Å². The van der Waals surface area contributed by atoms with Gasteiger partial charge in [0.15, 0.2) is 0 Å². The van der Waals surface area contributed by atoms with Crippen LogP contribution >= 0.6 is 15.9 Å². The largest absolute Gasteiger partial charge is 0.497 e. The number of halogens is 1. The van der Waals surface area contributed by atoms with Crippen molar-refractivity contribution in [1.29, 1.82) is 0 Å². The number of ether oxygens (including phenoxy) is 1. The molecule has 0 spiro atoms. The summed E-state index contributed by atoms with van der Waals surface area (Å²) in [5, 5.41) is 3.54. The fraction of sp³-hybridized carbons (Fsp3) is 0.500. The van der Waals surface area contributed by atoms with Crippen molar-refractivity contribution in [3.05, 3.63) is 28.2 Å². The highest BCUT2D eigenvalue weighted by Gasteiger charge is 2.15. The summed E-state index contributed by atoms with van der Waals surface area (Å²) in [6, 6.07) is 6.77. The van der Waals surface area contributed by atoms with Gasteiger partial charge in [-0.15, -0.1) is 0 Å². The van der Waals surface area contributed by atoms with Crippen molar-refractivity contribution in [2.75, 3.05) is 13.7 Å². The number of benzene rings is 1. The number of rotatable bonds is 2. The molecule has 82 valence electrons. The predicted molar refractivity (Wildman–Crippen MR) is 65.3 cm³/mol. The molecule has 1 saturated heterocycles. The zero-order valence-electron chi connectivity index (χ0n) is 8.92. The summed E-state index contributed by atoms with van der Waals surface area (Å²) in [5.74, 6) is 0.923. The third kappa shape index (κ3) is 2.73. The van der Waals surface area contributed by atoms with Gasteiger partial charge in [0.1, 0.15) is 5.75 Å². The second-order valence-electron chi connectivity index (χ2n) is 3.93. The van der Waals surface area contributed by atoms with Crippen molar-refractivity contribution < 1.29 is 4.74 Å². The monoisotopic (exact) mass is 269 g/mol. The van der Waals surface area contributed by atoms with Gasteiger partial charge in [-0.3, -0.25) is 0 Å². The third-order valence-electron chi connectivity index (χ3n) is 2.84. The molecular weight excluding hydrogens is 254 g/mol. The van der Waals surface area contributed by atoms with E-state index in [9.17, 15) is 0 Å². The van der Waals surface area contributed by atoms with E-state index in [1.54, 1.807) is 7.11 Å². The predicted octanol–water partition coefficient (Wildman–Crippen LogP) is 3.27. The highest BCUT2D eigenvalue weighted by atomic mass is 79.9. The van der Waals surface area contributed by atoms with Crippen LogP contribution in [0.1, 0.15) is 30.9 Å². The van der Waals surface area contributed by atoms with Gasteiger partial charge in [0.2, 0.25) is 0 Å². The van der Waals surface area contributed by atoms with E-state index in [-0.39, 0.29) is 0 Å². The fourth-order valence-electron chi connectivity index (χ4n) is 2.04. The second-order valence-corrected chi connectivity index (χ2v) is 4.84. The minimum absolute atomic E-state index is 0.491. The smallest absolute Gasteiger partial charge is 0.120 e. The van der Waals surface area contributed by atoms with E-state index >= 15 is 0 Å². The molecule has 0 radical (unpaired) electrons. The maximum atomic E-state index is 5.27. The minimum Gasteiger partial charge on any atom is -0.497 e. The first-order chi connectivity index (χ1) is 7.29. The average Bonchev–Trinajstić information content (AvgIpc) is 2.29. The summed E-state index contributed by atoms with van der Waals surface area (Å²) in [7, 11) is 1.71. The highest BCUT2D eigenvalue weighted by Crippen LogP contribution is 2.29. The van der Waals surface area contributed by atoms with E-state index in [1.165, 1.54) is 24.8 Å². The van der Waals surface area contributed by atoms with Gasteiger partial charge in [-0.1, -0.05) is 22.4 Å². The Kier molecular flexibility index (Phi) is 3.65. The summed E-state index contributed by atoms with van der Waals surface area (Å²) in [4.78, 5) is 0. The van der Waals surface area contributed by atoms with Crippen molar-refractivity contribution >= 4 is 15.9 Å². The van der Waals surface area contributed by atoms with Crippen LogP contribution in [0.4, 0.5) is 0 Å². The zero-order valence-corrected chi connectivity index (χ0v) is 10.5. The van der Waals surface area contributed by atoms with Crippen LogP contribution in [0.3, 0.4) is 0 Å². The molecule has 1 aromatic carbocycles. The molecule has 0 amide bonds. The average molecular weight is 270 g/mol. The number of methoxy groups -OCH3 is 1. The first kappa shape index (κ1) is 11.0. The molecule has 1 heterocycles.